The molecule has 0 unspecified atom stereocenters. The molecule has 0 heterocycles. The summed E-state index contributed by atoms with van der Waals surface area (Å²) >= 11 is 3.38. The number of rotatable bonds is 3. The van der Waals surface area contributed by atoms with Gasteiger partial charge in [0.25, 0.3) is 0 Å². The summed E-state index contributed by atoms with van der Waals surface area (Å²) in [6.07, 6.45) is 3.20. The van der Waals surface area contributed by atoms with Gasteiger partial charge in [0.05, 0.1) is 6.61 Å². The Bertz CT molecular complexity index is 383. The van der Waals surface area contributed by atoms with E-state index in [1.807, 2.05) is 25.1 Å². The number of benzene rings is 1. The second-order valence-corrected chi connectivity index (χ2v) is 4.00. The Morgan fingerprint density at radius 2 is 2.27 bits per heavy atom. The van der Waals surface area contributed by atoms with Crippen LogP contribution in [0, 0.1) is 6.92 Å². The quantitative estimate of drug-likeness (QED) is 0.621. The van der Waals surface area contributed by atoms with Gasteiger partial charge in [0, 0.05) is 10.5 Å². The predicted molar refractivity (Wildman–Crippen MR) is 64.5 cm³/mol. The molecule has 0 aliphatic heterocycles. The Morgan fingerprint density at radius 3 is 2.93 bits per heavy atom. The lowest BCUT2D eigenvalue weighted by molar-refractivity contribution is -0.137. The van der Waals surface area contributed by atoms with E-state index < -0.39 is 0 Å². The summed E-state index contributed by atoms with van der Waals surface area (Å²) in [7, 11) is 0. The minimum atomic E-state index is -0.308. The smallest absolute Gasteiger partial charge is 0.330 e. The fourth-order valence-electron chi connectivity index (χ4n) is 1.14. The molecule has 80 valence electrons. The SMILES string of the molecule is CCOC(=O)C=Cc1cc(Br)ccc1C. The Kier molecular flexibility index (Phi) is 4.56. The van der Waals surface area contributed by atoms with Gasteiger partial charge in [-0.2, -0.15) is 0 Å². The van der Waals surface area contributed by atoms with Crippen LogP contribution in [0.4, 0.5) is 0 Å². The Morgan fingerprint density at radius 1 is 1.53 bits per heavy atom. The summed E-state index contributed by atoms with van der Waals surface area (Å²) < 4.78 is 5.79. The molecule has 3 heteroatoms. The van der Waals surface area contributed by atoms with Crippen molar-refractivity contribution in [1.82, 2.24) is 0 Å². The largest absolute Gasteiger partial charge is 0.463 e. The van der Waals surface area contributed by atoms with Crippen molar-refractivity contribution in [3.63, 3.8) is 0 Å². The van der Waals surface area contributed by atoms with Crippen LogP contribution >= 0.6 is 15.9 Å². The summed E-state index contributed by atoms with van der Waals surface area (Å²) in [4.78, 5) is 11.1. The van der Waals surface area contributed by atoms with Crippen molar-refractivity contribution in [1.29, 1.82) is 0 Å². The fraction of sp³-hybridized carbons (Fsp3) is 0.250. The van der Waals surface area contributed by atoms with Crippen molar-refractivity contribution in [2.24, 2.45) is 0 Å². The van der Waals surface area contributed by atoms with Crippen molar-refractivity contribution < 1.29 is 9.53 Å². The van der Waals surface area contributed by atoms with Gasteiger partial charge in [-0.1, -0.05) is 22.0 Å². The molecule has 0 amide bonds. The van der Waals surface area contributed by atoms with Gasteiger partial charge in [0.15, 0.2) is 0 Å². The summed E-state index contributed by atoms with van der Waals surface area (Å²) in [6.45, 7) is 4.19. The molecule has 0 aliphatic rings. The summed E-state index contributed by atoms with van der Waals surface area (Å²) in [6, 6.07) is 5.93. The summed E-state index contributed by atoms with van der Waals surface area (Å²) in [5, 5.41) is 0. The third kappa shape index (κ3) is 3.88. The van der Waals surface area contributed by atoms with E-state index in [0.29, 0.717) is 6.61 Å². The molecule has 0 saturated heterocycles. The van der Waals surface area contributed by atoms with Gasteiger partial charge in [0.1, 0.15) is 0 Å². The van der Waals surface area contributed by atoms with Crippen LogP contribution in [-0.2, 0) is 9.53 Å². The number of carbonyl (C=O) groups excluding carboxylic acids is 1. The third-order valence-electron chi connectivity index (χ3n) is 1.93. The van der Waals surface area contributed by atoms with Crippen LogP contribution in [0.2, 0.25) is 0 Å². The standard InChI is InChI=1S/C12H13BrO2/c1-3-15-12(14)7-5-10-8-11(13)6-4-9(10)2/h4-8H,3H2,1-2H3. The van der Waals surface area contributed by atoms with E-state index in [1.165, 1.54) is 6.08 Å². The number of esters is 1. The van der Waals surface area contributed by atoms with Gasteiger partial charge in [-0.25, -0.2) is 4.79 Å². The first-order valence-electron chi connectivity index (χ1n) is 4.74. The van der Waals surface area contributed by atoms with E-state index in [9.17, 15) is 4.79 Å². The number of carbonyl (C=O) groups is 1. The normalized spacial score (nSPS) is 10.6. The predicted octanol–water partition coefficient (Wildman–Crippen LogP) is 3.33. The van der Waals surface area contributed by atoms with Crippen molar-refractivity contribution in [3.05, 3.63) is 39.9 Å². The van der Waals surface area contributed by atoms with Crippen molar-refractivity contribution in [2.45, 2.75) is 13.8 Å². The van der Waals surface area contributed by atoms with E-state index in [0.717, 1.165) is 15.6 Å². The van der Waals surface area contributed by atoms with Gasteiger partial charge in [-0.15, -0.1) is 0 Å². The Balaban J connectivity index is 2.79. The molecule has 0 radical (unpaired) electrons. The molecule has 1 aromatic carbocycles. The zero-order valence-electron chi connectivity index (χ0n) is 8.79. The topological polar surface area (TPSA) is 26.3 Å². The number of halogens is 1. The summed E-state index contributed by atoms with van der Waals surface area (Å²) in [5.41, 5.74) is 2.14. The molecule has 0 N–H and O–H groups in total. The Hall–Kier alpha value is -1.09. The molecule has 2 nitrogen and oxygen atoms in total. The molecule has 0 aromatic heterocycles. The molecule has 0 bridgehead atoms. The lowest BCUT2D eigenvalue weighted by Gasteiger charge is -2.00. The molecule has 0 fully saturated rings. The molecular weight excluding hydrogens is 256 g/mol. The first-order valence-corrected chi connectivity index (χ1v) is 5.53. The highest BCUT2D eigenvalue weighted by Gasteiger charge is 1.97. The highest BCUT2D eigenvalue weighted by Crippen LogP contribution is 2.17. The average molecular weight is 269 g/mol. The zero-order valence-corrected chi connectivity index (χ0v) is 10.4. The monoisotopic (exact) mass is 268 g/mol. The van der Waals surface area contributed by atoms with Crippen molar-refractivity contribution >= 4 is 28.0 Å². The molecule has 15 heavy (non-hydrogen) atoms. The highest BCUT2D eigenvalue weighted by molar-refractivity contribution is 9.10. The number of hydrogen-bond donors (Lipinski definition) is 0. The van der Waals surface area contributed by atoms with E-state index in [4.69, 9.17) is 4.74 Å². The molecule has 0 spiro atoms. The van der Waals surface area contributed by atoms with Gasteiger partial charge < -0.3 is 4.74 Å². The fourth-order valence-corrected chi connectivity index (χ4v) is 1.52. The zero-order chi connectivity index (χ0) is 11.3. The lowest BCUT2D eigenvalue weighted by atomic mass is 10.1. The first-order chi connectivity index (χ1) is 7.13. The van der Waals surface area contributed by atoms with Gasteiger partial charge in [0.2, 0.25) is 0 Å². The number of ether oxygens (including phenoxy) is 1. The van der Waals surface area contributed by atoms with Crippen LogP contribution < -0.4 is 0 Å². The summed E-state index contributed by atoms with van der Waals surface area (Å²) in [5.74, 6) is -0.308. The molecule has 1 aromatic rings. The van der Waals surface area contributed by atoms with Gasteiger partial charge in [-0.3, -0.25) is 0 Å². The lowest BCUT2D eigenvalue weighted by Crippen LogP contribution is -1.98. The van der Waals surface area contributed by atoms with Crippen LogP contribution in [0.3, 0.4) is 0 Å². The number of aryl methyl sites for hydroxylation is 1. The average Bonchev–Trinajstić information content (AvgIpc) is 2.20. The number of hydrogen-bond acceptors (Lipinski definition) is 2. The molecular formula is C12H13BrO2. The van der Waals surface area contributed by atoms with Crippen molar-refractivity contribution in [3.8, 4) is 0 Å². The second kappa shape index (κ2) is 5.71. The van der Waals surface area contributed by atoms with Crippen LogP contribution in [-0.4, -0.2) is 12.6 Å². The molecule has 0 saturated carbocycles. The molecule has 1 rings (SSSR count). The highest BCUT2D eigenvalue weighted by atomic mass is 79.9. The molecule has 0 aliphatic carbocycles. The van der Waals surface area contributed by atoms with E-state index >= 15 is 0 Å². The minimum absolute atomic E-state index is 0.308. The second-order valence-electron chi connectivity index (χ2n) is 3.09. The van der Waals surface area contributed by atoms with Crippen LogP contribution in [0.1, 0.15) is 18.1 Å². The third-order valence-corrected chi connectivity index (χ3v) is 2.42. The minimum Gasteiger partial charge on any atom is -0.463 e. The van der Waals surface area contributed by atoms with E-state index in [2.05, 4.69) is 15.9 Å². The van der Waals surface area contributed by atoms with E-state index in [1.54, 1.807) is 13.0 Å². The van der Waals surface area contributed by atoms with E-state index in [-0.39, 0.29) is 5.97 Å². The maximum atomic E-state index is 11.1. The van der Waals surface area contributed by atoms with Crippen LogP contribution in [0.5, 0.6) is 0 Å². The van der Waals surface area contributed by atoms with Gasteiger partial charge >= 0.3 is 5.97 Å². The van der Waals surface area contributed by atoms with Crippen LogP contribution in [0.15, 0.2) is 28.7 Å². The molecule has 0 atom stereocenters. The first kappa shape index (κ1) is 12.0. The Labute approximate surface area is 98.1 Å². The van der Waals surface area contributed by atoms with Crippen molar-refractivity contribution in [2.75, 3.05) is 6.61 Å². The van der Waals surface area contributed by atoms with Crippen LogP contribution in [0.25, 0.3) is 6.08 Å². The van der Waals surface area contributed by atoms with Gasteiger partial charge in [-0.05, 0) is 43.2 Å². The maximum absolute atomic E-state index is 11.1. The maximum Gasteiger partial charge on any atom is 0.330 e.